The number of nitrogens with one attached hydrogen (secondary N) is 2. The molecule has 200 valence electrons. The number of anilines is 1. The number of rotatable bonds is 10. The molecule has 4 saturated heterocycles. The highest BCUT2D eigenvalue weighted by molar-refractivity contribution is 5.94. The van der Waals surface area contributed by atoms with Crippen molar-refractivity contribution < 1.29 is 23.5 Å². The Morgan fingerprint density at radius 2 is 1.92 bits per heavy atom. The summed E-state index contributed by atoms with van der Waals surface area (Å²) in [6, 6.07) is 0.563. The Bertz CT molecular complexity index is 980. The third kappa shape index (κ3) is 6.63. The van der Waals surface area contributed by atoms with Crippen molar-refractivity contribution in [3.8, 4) is 0 Å². The smallest absolute Gasteiger partial charge is 0.306 e. The fourth-order valence-corrected chi connectivity index (χ4v) is 5.58. The number of esters is 1. The third-order valence-electron chi connectivity index (χ3n) is 7.76. The second-order valence-electron chi connectivity index (χ2n) is 10.2. The molecule has 1 aromatic rings. The Hall–Kier alpha value is -2.50. The number of unbranched alkanes of at least 4 members (excludes halogenated alkanes) is 2. The standard InChI is InChI=1S/C25H38FN5O5/c1-35-21-15-30(12-8-19(21)28-24(33)17-13-18(26)23(27)29-25(17)34)9-4-2-3-5-22(32)36-20-14-31-10-6-16(20)7-11-31/h13,16,19-21H,2-12,14-15H2,1H3,(H,28,33)(H3,27,29,34)/t19-,20-,21+/m1/s1. The molecule has 10 nitrogen and oxygen atoms in total. The van der Waals surface area contributed by atoms with Crippen molar-refractivity contribution in [2.75, 3.05) is 52.1 Å². The van der Waals surface area contributed by atoms with E-state index in [0.29, 0.717) is 25.3 Å². The summed E-state index contributed by atoms with van der Waals surface area (Å²) in [4.78, 5) is 43.6. The molecule has 0 unspecified atom stereocenters. The van der Waals surface area contributed by atoms with E-state index in [-0.39, 0.29) is 29.8 Å². The number of likely N-dealkylation sites (tertiary alicyclic amines) is 1. The van der Waals surface area contributed by atoms with Crippen LogP contribution >= 0.6 is 0 Å². The molecule has 2 bridgehead atoms. The van der Waals surface area contributed by atoms with Gasteiger partial charge in [-0.05, 0) is 63.7 Å². The number of methoxy groups -OCH3 is 1. The first-order valence-electron chi connectivity index (χ1n) is 13.0. The second kappa shape index (κ2) is 12.2. The van der Waals surface area contributed by atoms with Crippen molar-refractivity contribution in [3.63, 3.8) is 0 Å². The predicted octanol–water partition coefficient (Wildman–Crippen LogP) is 1.11. The van der Waals surface area contributed by atoms with Crippen LogP contribution in [0.3, 0.4) is 0 Å². The predicted molar refractivity (Wildman–Crippen MR) is 132 cm³/mol. The number of hydrogen-bond donors (Lipinski definition) is 3. The van der Waals surface area contributed by atoms with Crippen LogP contribution in [0, 0.1) is 11.7 Å². The van der Waals surface area contributed by atoms with Gasteiger partial charge in [0.15, 0.2) is 5.82 Å². The molecular weight excluding hydrogens is 469 g/mol. The van der Waals surface area contributed by atoms with Gasteiger partial charge >= 0.3 is 5.97 Å². The number of nitrogen functional groups attached to an aromatic ring is 1. The Labute approximate surface area is 210 Å². The minimum absolute atomic E-state index is 0.0742. The van der Waals surface area contributed by atoms with Gasteiger partial charge in [-0.3, -0.25) is 19.3 Å². The summed E-state index contributed by atoms with van der Waals surface area (Å²) in [7, 11) is 1.59. The molecule has 1 aromatic heterocycles. The van der Waals surface area contributed by atoms with Crippen LogP contribution in [0.4, 0.5) is 10.2 Å². The maximum absolute atomic E-state index is 13.7. The average Bonchev–Trinajstić information content (AvgIpc) is 2.87. The zero-order valence-corrected chi connectivity index (χ0v) is 21.0. The van der Waals surface area contributed by atoms with Gasteiger partial charge in [0.1, 0.15) is 17.5 Å². The van der Waals surface area contributed by atoms with E-state index in [1.807, 2.05) is 0 Å². The van der Waals surface area contributed by atoms with Crippen LogP contribution in [0.1, 0.15) is 55.3 Å². The Balaban J connectivity index is 1.14. The van der Waals surface area contributed by atoms with Crippen LogP contribution in [-0.4, -0.2) is 91.3 Å². The van der Waals surface area contributed by atoms with Crippen LogP contribution in [0.15, 0.2) is 10.9 Å². The first-order valence-corrected chi connectivity index (χ1v) is 13.0. The summed E-state index contributed by atoms with van der Waals surface area (Å²) in [6.45, 7) is 5.43. The molecule has 0 radical (unpaired) electrons. The number of nitrogens with two attached hydrogens (primary N) is 1. The van der Waals surface area contributed by atoms with E-state index in [1.165, 1.54) is 0 Å². The lowest BCUT2D eigenvalue weighted by Gasteiger charge is -2.43. The van der Waals surface area contributed by atoms with Gasteiger partial charge in [-0.15, -0.1) is 0 Å². The van der Waals surface area contributed by atoms with Crippen LogP contribution in [0.5, 0.6) is 0 Å². The molecule has 11 heteroatoms. The van der Waals surface area contributed by atoms with E-state index in [1.54, 1.807) is 7.11 Å². The zero-order valence-electron chi connectivity index (χ0n) is 21.0. The fourth-order valence-electron chi connectivity index (χ4n) is 5.58. The van der Waals surface area contributed by atoms with Crippen molar-refractivity contribution in [3.05, 3.63) is 27.8 Å². The third-order valence-corrected chi connectivity index (χ3v) is 7.76. The molecule has 5 rings (SSSR count). The number of piperidine rings is 4. The number of ether oxygens (including phenoxy) is 2. The van der Waals surface area contributed by atoms with Gasteiger partial charge in [0, 0.05) is 33.2 Å². The number of pyridine rings is 1. The van der Waals surface area contributed by atoms with Crippen LogP contribution in [0.2, 0.25) is 0 Å². The number of aromatic nitrogens is 1. The maximum atomic E-state index is 13.7. The number of fused-ring (bicyclic) bond motifs is 3. The Kier molecular flexibility index (Phi) is 8.97. The largest absolute Gasteiger partial charge is 0.461 e. The van der Waals surface area contributed by atoms with Crippen molar-refractivity contribution in [1.29, 1.82) is 0 Å². The molecule has 4 aliphatic heterocycles. The van der Waals surface area contributed by atoms with Gasteiger partial charge in [-0.2, -0.15) is 0 Å². The number of halogens is 1. The minimum atomic E-state index is -0.842. The molecular formula is C25H38FN5O5. The number of amides is 1. The first-order chi connectivity index (χ1) is 17.3. The number of aromatic amines is 1. The molecule has 0 spiro atoms. The number of hydrogen-bond acceptors (Lipinski definition) is 8. The summed E-state index contributed by atoms with van der Waals surface area (Å²) in [6.07, 6.45) is 5.91. The molecule has 4 fully saturated rings. The lowest BCUT2D eigenvalue weighted by Crippen LogP contribution is -2.55. The Morgan fingerprint density at radius 1 is 1.14 bits per heavy atom. The maximum Gasteiger partial charge on any atom is 0.306 e. The summed E-state index contributed by atoms with van der Waals surface area (Å²) < 4.78 is 25.1. The zero-order chi connectivity index (χ0) is 25.7. The molecule has 4 N–H and O–H groups in total. The van der Waals surface area contributed by atoms with E-state index >= 15 is 0 Å². The fraction of sp³-hybridized carbons (Fsp3) is 0.720. The van der Waals surface area contributed by atoms with E-state index in [2.05, 4.69) is 20.1 Å². The summed E-state index contributed by atoms with van der Waals surface area (Å²) >= 11 is 0. The van der Waals surface area contributed by atoms with Crippen molar-refractivity contribution in [2.24, 2.45) is 5.92 Å². The lowest BCUT2D eigenvalue weighted by atomic mass is 9.86. The van der Waals surface area contributed by atoms with E-state index in [0.717, 1.165) is 70.9 Å². The number of carbonyl (C=O) groups excluding carboxylic acids is 2. The minimum Gasteiger partial charge on any atom is -0.461 e. The van der Waals surface area contributed by atoms with Crippen molar-refractivity contribution in [2.45, 2.75) is 63.2 Å². The highest BCUT2D eigenvalue weighted by atomic mass is 19.1. The molecule has 0 saturated carbocycles. The van der Waals surface area contributed by atoms with Crippen molar-refractivity contribution >= 4 is 17.7 Å². The summed E-state index contributed by atoms with van der Waals surface area (Å²) in [5.41, 5.74) is 4.30. The summed E-state index contributed by atoms with van der Waals surface area (Å²) in [5.74, 6) is -1.44. The first kappa shape index (κ1) is 26.6. The number of nitrogens with zero attached hydrogens (tertiary/aromatic N) is 2. The topological polar surface area (TPSA) is 130 Å². The highest BCUT2D eigenvalue weighted by Gasteiger charge is 2.36. The SMILES string of the molecule is CO[C@H]1CN(CCCCCC(=O)O[C@@H]2CN3CCC2CC3)CC[C@H]1NC(=O)c1cc(F)c(N)[nH]c1=O. The van der Waals surface area contributed by atoms with Crippen LogP contribution < -0.4 is 16.6 Å². The molecule has 36 heavy (non-hydrogen) atoms. The quantitative estimate of drug-likeness (QED) is 0.317. The molecule has 0 aliphatic carbocycles. The highest BCUT2D eigenvalue weighted by Crippen LogP contribution is 2.29. The van der Waals surface area contributed by atoms with Gasteiger partial charge < -0.3 is 30.4 Å². The molecule has 3 atom stereocenters. The number of H-pyrrole nitrogens is 1. The lowest BCUT2D eigenvalue weighted by molar-refractivity contribution is -0.158. The molecule has 4 aliphatic rings. The van der Waals surface area contributed by atoms with E-state index in [4.69, 9.17) is 15.2 Å². The van der Waals surface area contributed by atoms with Crippen molar-refractivity contribution in [1.82, 2.24) is 20.1 Å². The van der Waals surface area contributed by atoms with E-state index in [9.17, 15) is 18.8 Å². The normalized spacial score (nSPS) is 28.1. The Morgan fingerprint density at radius 3 is 2.61 bits per heavy atom. The van der Waals surface area contributed by atoms with Gasteiger partial charge in [0.25, 0.3) is 11.5 Å². The van der Waals surface area contributed by atoms with Gasteiger partial charge in [0.05, 0.1) is 12.1 Å². The number of carbonyl (C=O) groups is 2. The summed E-state index contributed by atoms with van der Waals surface area (Å²) in [5, 5.41) is 2.80. The van der Waals surface area contributed by atoms with E-state index < -0.39 is 23.1 Å². The van der Waals surface area contributed by atoms with Crippen LogP contribution in [0.25, 0.3) is 0 Å². The monoisotopic (exact) mass is 507 g/mol. The van der Waals surface area contributed by atoms with Gasteiger partial charge in [-0.25, -0.2) is 4.39 Å². The van der Waals surface area contributed by atoms with Crippen LogP contribution in [-0.2, 0) is 14.3 Å². The molecule has 0 aromatic carbocycles. The molecule has 1 amide bonds. The van der Waals surface area contributed by atoms with Gasteiger partial charge in [-0.1, -0.05) is 6.42 Å². The second-order valence-corrected chi connectivity index (χ2v) is 10.2. The molecule has 5 heterocycles. The van der Waals surface area contributed by atoms with Gasteiger partial charge in [0.2, 0.25) is 0 Å². The average molecular weight is 508 g/mol.